The van der Waals surface area contributed by atoms with Gasteiger partial charge in [0.25, 0.3) is 0 Å². The Kier molecular flexibility index (Phi) is 10.7. The molecule has 4 rings (SSSR count). The molecule has 224 valence electrons. The van der Waals surface area contributed by atoms with E-state index < -0.39 is 5.97 Å². The number of benzene rings is 1. The third-order valence-electron chi connectivity index (χ3n) is 6.43. The van der Waals surface area contributed by atoms with Gasteiger partial charge in [-0.3, -0.25) is 9.36 Å². The summed E-state index contributed by atoms with van der Waals surface area (Å²) >= 11 is 0. The van der Waals surface area contributed by atoms with Crippen molar-refractivity contribution in [3.05, 3.63) is 64.2 Å². The average molecular weight is 580 g/mol. The molecule has 4 N–H and O–H groups in total. The minimum Gasteiger partial charge on any atom is -0.492 e. The van der Waals surface area contributed by atoms with E-state index in [1.807, 2.05) is 19.2 Å². The highest BCUT2D eigenvalue weighted by atomic mass is 16.5. The summed E-state index contributed by atoms with van der Waals surface area (Å²) in [6.07, 6.45) is 4.27. The number of carboxylic acids is 1. The molecule has 0 spiro atoms. The summed E-state index contributed by atoms with van der Waals surface area (Å²) < 4.78 is 18.6. The SMILES string of the molecule is CCCCOc1nc(N)c2[nH]c(=O)n(Cc3ccc(OCCCN(C)CCOc4cccc(CC(=O)O)c4)nc3)c2n1. The van der Waals surface area contributed by atoms with E-state index in [4.69, 9.17) is 25.1 Å². The summed E-state index contributed by atoms with van der Waals surface area (Å²) in [6.45, 7) is 5.28. The quantitative estimate of drug-likeness (QED) is 0.157. The van der Waals surface area contributed by atoms with Gasteiger partial charge in [0.15, 0.2) is 11.5 Å². The number of carboxylic acid groups (broad SMARTS) is 1. The van der Waals surface area contributed by atoms with Gasteiger partial charge >= 0.3 is 17.7 Å². The molecule has 0 radical (unpaired) electrons. The largest absolute Gasteiger partial charge is 0.492 e. The Morgan fingerprint density at radius 3 is 2.64 bits per heavy atom. The summed E-state index contributed by atoms with van der Waals surface area (Å²) in [5.41, 5.74) is 7.93. The van der Waals surface area contributed by atoms with Crippen molar-refractivity contribution in [1.82, 2.24) is 29.4 Å². The lowest BCUT2D eigenvalue weighted by Crippen LogP contribution is -2.26. The standard InChI is InChI=1S/C29H37N7O6/c1-3-4-13-42-28-33-26(30)25-27(34-28)36(29(39)32-25)19-21-9-10-23(31-18-21)41-14-6-11-35(2)12-15-40-22-8-5-7-20(16-22)17-24(37)38/h5,7-10,16,18H,3-4,6,11-15,17,19H2,1-2H3,(H,32,39)(H,37,38)(H2,30,33,34). The van der Waals surface area contributed by atoms with Crippen molar-refractivity contribution in [2.75, 3.05) is 45.7 Å². The Morgan fingerprint density at radius 1 is 1.05 bits per heavy atom. The number of hydrogen-bond donors (Lipinski definition) is 3. The van der Waals surface area contributed by atoms with Crippen molar-refractivity contribution in [2.45, 2.75) is 39.2 Å². The molecular weight excluding hydrogens is 542 g/mol. The number of likely N-dealkylation sites (N-methyl/N-ethyl adjacent to an activating group) is 1. The summed E-state index contributed by atoms with van der Waals surface area (Å²) in [5.74, 6) is 0.445. The molecule has 0 aliphatic rings. The number of nitrogens with one attached hydrogen (secondary N) is 1. The van der Waals surface area contributed by atoms with Crippen molar-refractivity contribution in [1.29, 1.82) is 0 Å². The fourth-order valence-corrected chi connectivity index (χ4v) is 4.18. The number of nitrogens with two attached hydrogens (primary N) is 1. The molecule has 13 nitrogen and oxygen atoms in total. The number of rotatable bonds is 17. The molecule has 0 saturated heterocycles. The Bertz CT molecular complexity index is 1520. The monoisotopic (exact) mass is 579 g/mol. The first kappa shape index (κ1) is 30.3. The number of aliphatic carboxylic acids is 1. The number of carbonyl (C=O) groups is 1. The molecule has 0 saturated carbocycles. The lowest BCUT2D eigenvalue weighted by atomic mass is 10.1. The van der Waals surface area contributed by atoms with Crippen LogP contribution in [0.2, 0.25) is 0 Å². The lowest BCUT2D eigenvalue weighted by Gasteiger charge is -2.17. The maximum Gasteiger partial charge on any atom is 0.328 e. The number of H-pyrrole nitrogens is 1. The number of unbranched alkanes of at least 4 members (excludes halogenated alkanes) is 1. The topological polar surface area (TPSA) is 171 Å². The molecule has 0 fully saturated rings. The zero-order valence-corrected chi connectivity index (χ0v) is 23.9. The van der Waals surface area contributed by atoms with Crippen molar-refractivity contribution < 1.29 is 24.1 Å². The normalized spacial score (nSPS) is 11.2. The van der Waals surface area contributed by atoms with E-state index >= 15 is 0 Å². The van der Waals surface area contributed by atoms with E-state index in [1.165, 1.54) is 4.57 Å². The number of fused-ring (bicyclic) bond motifs is 1. The Hall–Kier alpha value is -4.65. The van der Waals surface area contributed by atoms with Crippen molar-refractivity contribution >= 4 is 23.0 Å². The van der Waals surface area contributed by atoms with E-state index in [9.17, 15) is 9.59 Å². The fourth-order valence-electron chi connectivity index (χ4n) is 4.18. The first-order chi connectivity index (χ1) is 20.3. The van der Waals surface area contributed by atoms with E-state index in [0.717, 1.165) is 31.4 Å². The van der Waals surface area contributed by atoms with Crippen LogP contribution in [0, 0.1) is 0 Å². The molecule has 0 unspecified atom stereocenters. The minimum absolute atomic E-state index is 0.0282. The van der Waals surface area contributed by atoms with Crippen LogP contribution in [-0.4, -0.2) is 80.4 Å². The maximum atomic E-state index is 12.6. The van der Waals surface area contributed by atoms with Crippen LogP contribution in [0.25, 0.3) is 11.2 Å². The maximum absolute atomic E-state index is 12.6. The number of pyridine rings is 1. The van der Waals surface area contributed by atoms with Gasteiger partial charge in [0.1, 0.15) is 17.9 Å². The average Bonchev–Trinajstić information content (AvgIpc) is 3.27. The molecule has 0 bridgehead atoms. The molecule has 0 amide bonds. The number of aromatic nitrogens is 5. The first-order valence-electron chi connectivity index (χ1n) is 13.9. The summed E-state index contributed by atoms with van der Waals surface area (Å²) in [5, 5.41) is 8.94. The number of nitrogen functional groups attached to an aromatic ring is 1. The number of ether oxygens (including phenoxy) is 3. The highest BCUT2D eigenvalue weighted by molar-refractivity contribution is 5.82. The Labute approximate surface area is 243 Å². The van der Waals surface area contributed by atoms with Crippen LogP contribution in [0.1, 0.15) is 37.3 Å². The number of hydrogen-bond acceptors (Lipinski definition) is 10. The molecule has 0 aliphatic heterocycles. The van der Waals surface area contributed by atoms with E-state index in [0.29, 0.717) is 54.7 Å². The molecule has 0 atom stereocenters. The van der Waals surface area contributed by atoms with Crippen LogP contribution in [0.4, 0.5) is 5.82 Å². The van der Waals surface area contributed by atoms with Crippen molar-refractivity contribution in [3.8, 4) is 17.6 Å². The second-order valence-electron chi connectivity index (χ2n) is 9.88. The third kappa shape index (κ3) is 8.67. The van der Waals surface area contributed by atoms with E-state index in [2.05, 4.69) is 31.8 Å². The predicted molar refractivity (Wildman–Crippen MR) is 157 cm³/mol. The summed E-state index contributed by atoms with van der Waals surface area (Å²) in [4.78, 5) is 41.3. The van der Waals surface area contributed by atoms with Crippen molar-refractivity contribution in [3.63, 3.8) is 0 Å². The summed E-state index contributed by atoms with van der Waals surface area (Å²) in [6, 6.07) is 10.9. The Morgan fingerprint density at radius 2 is 1.88 bits per heavy atom. The van der Waals surface area contributed by atoms with Crippen LogP contribution in [0.15, 0.2) is 47.4 Å². The van der Waals surface area contributed by atoms with Crippen LogP contribution in [0.5, 0.6) is 17.6 Å². The highest BCUT2D eigenvalue weighted by Crippen LogP contribution is 2.19. The molecule has 1 aromatic carbocycles. The van der Waals surface area contributed by atoms with Crippen LogP contribution in [-0.2, 0) is 17.8 Å². The van der Waals surface area contributed by atoms with Crippen LogP contribution < -0.4 is 25.6 Å². The number of aromatic amines is 1. The van der Waals surface area contributed by atoms with E-state index in [1.54, 1.807) is 30.5 Å². The van der Waals surface area contributed by atoms with Gasteiger partial charge in [-0.15, -0.1) is 0 Å². The number of nitrogens with zero attached hydrogens (tertiary/aromatic N) is 5. The van der Waals surface area contributed by atoms with Crippen LogP contribution in [0.3, 0.4) is 0 Å². The molecule has 4 aromatic rings. The van der Waals surface area contributed by atoms with Gasteiger partial charge in [0.2, 0.25) is 5.88 Å². The van der Waals surface area contributed by atoms with Gasteiger partial charge in [-0.25, -0.2) is 9.78 Å². The Balaban J connectivity index is 1.21. The molecule has 3 heterocycles. The van der Waals surface area contributed by atoms with Gasteiger partial charge in [-0.05, 0) is 43.1 Å². The molecule has 13 heteroatoms. The lowest BCUT2D eigenvalue weighted by molar-refractivity contribution is -0.136. The molecule has 42 heavy (non-hydrogen) atoms. The van der Waals surface area contributed by atoms with E-state index in [-0.39, 0.29) is 30.5 Å². The fraction of sp³-hybridized carbons (Fsp3) is 0.414. The zero-order chi connectivity index (χ0) is 29.9. The van der Waals surface area contributed by atoms with Gasteiger partial charge < -0.3 is 34.9 Å². The smallest absolute Gasteiger partial charge is 0.328 e. The van der Waals surface area contributed by atoms with Gasteiger partial charge in [0, 0.05) is 25.4 Å². The second-order valence-corrected chi connectivity index (χ2v) is 9.88. The minimum atomic E-state index is -0.869. The number of anilines is 1. The first-order valence-corrected chi connectivity index (χ1v) is 13.9. The predicted octanol–water partition coefficient (Wildman–Crippen LogP) is 2.73. The molecule has 0 aliphatic carbocycles. The number of imidazole rings is 1. The van der Waals surface area contributed by atoms with Crippen molar-refractivity contribution in [2.24, 2.45) is 0 Å². The van der Waals surface area contributed by atoms with Crippen LogP contribution >= 0.6 is 0 Å². The zero-order valence-electron chi connectivity index (χ0n) is 23.9. The molecule has 3 aromatic heterocycles. The van der Waals surface area contributed by atoms with Gasteiger partial charge in [-0.2, -0.15) is 9.97 Å². The molecular formula is C29H37N7O6. The second kappa shape index (κ2) is 14.8. The van der Waals surface area contributed by atoms with Gasteiger partial charge in [0.05, 0.1) is 26.2 Å². The van der Waals surface area contributed by atoms with Gasteiger partial charge in [-0.1, -0.05) is 31.5 Å². The third-order valence-corrected chi connectivity index (χ3v) is 6.43. The highest BCUT2D eigenvalue weighted by Gasteiger charge is 2.15. The summed E-state index contributed by atoms with van der Waals surface area (Å²) in [7, 11) is 2.00.